The summed E-state index contributed by atoms with van der Waals surface area (Å²) in [5.74, 6) is -0.678. The van der Waals surface area contributed by atoms with E-state index in [0.717, 1.165) is 63.8 Å². The molecular formula is C26H52O8Si2. The Morgan fingerprint density at radius 2 is 1.03 bits per heavy atom. The summed E-state index contributed by atoms with van der Waals surface area (Å²) in [5.41, 5.74) is 0. The largest absolute Gasteiger partial charge is 0.463 e. The van der Waals surface area contributed by atoms with E-state index in [-0.39, 0.29) is 23.8 Å². The lowest BCUT2D eigenvalue weighted by Crippen LogP contribution is -2.26. The molecule has 0 radical (unpaired) electrons. The highest BCUT2D eigenvalue weighted by atomic mass is 28.2. The van der Waals surface area contributed by atoms with Gasteiger partial charge in [-0.15, -0.1) is 0 Å². The zero-order valence-electron chi connectivity index (χ0n) is 23.3. The fourth-order valence-corrected chi connectivity index (χ4v) is 5.93. The first-order valence-electron chi connectivity index (χ1n) is 13.5. The first-order chi connectivity index (χ1) is 17.5. The van der Waals surface area contributed by atoms with Gasteiger partial charge in [0, 0.05) is 38.6 Å². The number of unbranched alkanes of at least 4 members (excludes halogenated alkanes) is 2. The van der Waals surface area contributed by atoms with Crippen LogP contribution < -0.4 is 0 Å². The summed E-state index contributed by atoms with van der Waals surface area (Å²) >= 11 is 0. The number of carbonyl (C=O) groups is 2. The van der Waals surface area contributed by atoms with Gasteiger partial charge in [0.25, 0.3) is 0 Å². The van der Waals surface area contributed by atoms with E-state index in [0.29, 0.717) is 26.4 Å². The van der Waals surface area contributed by atoms with Crippen LogP contribution in [0.4, 0.5) is 0 Å². The van der Waals surface area contributed by atoms with Gasteiger partial charge < -0.3 is 28.4 Å². The minimum Gasteiger partial charge on any atom is -0.463 e. The summed E-state index contributed by atoms with van der Waals surface area (Å²) in [6.45, 7) is 18.8. The molecule has 0 atom stereocenters. The van der Waals surface area contributed by atoms with Crippen molar-refractivity contribution < 1.29 is 38.0 Å². The Morgan fingerprint density at radius 1 is 0.639 bits per heavy atom. The topological polar surface area (TPSA) is 89.5 Å². The van der Waals surface area contributed by atoms with Crippen molar-refractivity contribution in [3.63, 3.8) is 0 Å². The van der Waals surface area contributed by atoms with Gasteiger partial charge in [-0.3, -0.25) is 0 Å². The van der Waals surface area contributed by atoms with Crippen molar-refractivity contribution in [2.45, 2.75) is 90.1 Å². The molecule has 0 saturated heterocycles. The fourth-order valence-electron chi connectivity index (χ4n) is 2.81. The highest BCUT2D eigenvalue weighted by Crippen LogP contribution is 2.03. The Kier molecular flexibility index (Phi) is 30.6. The van der Waals surface area contributed by atoms with Gasteiger partial charge in [0.1, 0.15) is 11.8 Å². The van der Waals surface area contributed by atoms with Crippen molar-refractivity contribution in [1.82, 2.24) is 0 Å². The minimum atomic E-state index is -0.443. The van der Waals surface area contributed by atoms with Crippen molar-refractivity contribution in [3.8, 4) is 0 Å². The third kappa shape index (κ3) is 27.3. The van der Waals surface area contributed by atoms with Crippen molar-refractivity contribution in [2.24, 2.45) is 0 Å². The Bertz CT molecular complexity index is 518. The van der Waals surface area contributed by atoms with Crippen LogP contribution in [0, 0.1) is 0 Å². The third-order valence-corrected chi connectivity index (χ3v) is 8.50. The molecule has 0 rings (SSSR count). The second-order valence-electron chi connectivity index (χ2n) is 7.95. The molecule has 212 valence electrons. The van der Waals surface area contributed by atoms with Gasteiger partial charge in [-0.25, -0.2) is 9.59 Å². The molecule has 0 aromatic rings. The fraction of sp³-hybridized carbons (Fsp3) is 0.769. The highest BCUT2D eigenvalue weighted by Gasteiger charge is 2.10. The standard InChI is InChI=1S/C15H30O4Si.C11H22O4Si/c1-4-7-10-18-15(19-11-8-5-2)20-13-9-12-17-14(16)6-3;1-4-10(12)15-8-7-9-16-11(13-5-2)14-6-3/h6,15H,3-5,7-13,20H2,1-2H3;4,11H,1,5-9,16H2,2-3H3. The number of rotatable bonds is 24. The van der Waals surface area contributed by atoms with E-state index in [4.69, 9.17) is 28.4 Å². The van der Waals surface area contributed by atoms with Crippen LogP contribution in [0.3, 0.4) is 0 Å². The first-order valence-corrected chi connectivity index (χ1v) is 17.2. The van der Waals surface area contributed by atoms with E-state index in [1.165, 1.54) is 12.2 Å². The van der Waals surface area contributed by atoms with Crippen LogP contribution >= 0.6 is 0 Å². The molecule has 8 nitrogen and oxygen atoms in total. The molecule has 36 heavy (non-hydrogen) atoms. The lowest BCUT2D eigenvalue weighted by molar-refractivity contribution is -0.138. The first kappa shape index (κ1) is 36.8. The second kappa shape index (κ2) is 29.9. The molecule has 0 aromatic carbocycles. The summed E-state index contributed by atoms with van der Waals surface area (Å²) in [7, 11) is -0.853. The van der Waals surface area contributed by atoms with E-state index >= 15 is 0 Å². The van der Waals surface area contributed by atoms with Crippen LogP contribution in [-0.4, -0.2) is 82.4 Å². The molecule has 0 aromatic heterocycles. The maximum atomic E-state index is 10.9. The van der Waals surface area contributed by atoms with Gasteiger partial charge in [0.05, 0.1) is 32.3 Å². The van der Waals surface area contributed by atoms with Gasteiger partial charge in [-0.2, -0.15) is 0 Å². The molecule has 0 spiro atoms. The number of esters is 2. The molecule has 0 bridgehead atoms. The molecule has 0 heterocycles. The van der Waals surface area contributed by atoms with Gasteiger partial charge in [-0.1, -0.05) is 51.9 Å². The monoisotopic (exact) mass is 548 g/mol. The van der Waals surface area contributed by atoms with Crippen LogP contribution in [0.2, 0.25) is 12.1 Å². The molecule has 0 amide bonds. The van der Waals surface area contributed by atoms with Gasteiger partial charge in [-0.05, 0) is 39.5 Å². The summed E-state index contributed by atoms with van der Waals surface area (Å²) in [6.07, 6.45) is 8.58. The van der Waals surface area contributed by atoms with Crippen molar-refractivity contribution >= 4 is 31.0 Å². The Hall–Kier alpha value is -1.31. The molecule has 0 aliphatic heterocycles. The quantitative estimate of drug-likeness (QED) is 0.0594. The molecule has 0 unspecified atom stereocenters. The Balaban J connectivity index is 0. The second-order valence-corrected chi connectivity index (χ2v) is 11.9. The van der Waals surface area contributed by atoms with Crippen LogP contribution in [0.25, 0.3) is 0 Å². The van der Waals surface area contributed by atoms with Gasteiger partial charge in [0.15, 0.2) is 0 Å². The maximum Gasteiger partial charge on any atom is 0.330 e. The normalized spacial score (nSPS) is 11.3. The molecule has 0 aliphatic carbocycles. The molecule has 0 fully saturated rings. The summed E-state index contributed by atoms with van der Waals surface area (Å²) in [6, 6.07) is 2.11. The molecule has 0 saturated carbocycles. The van der Waals surface area contributed by atoms with Crippen LogP contribution in [-0.2, 0) is 38.0 Å². The van der Waals surface area contributed by atoms with Crippen molar-refractivity contribution in [2.75, 3.05) is 39.6 Å². The lowest BCUT2D eigenvalue weighted by Gasteiger charge is -2.18. The van der Waals surface area contributed by atoms with Crippen LogP contribution in [0.1, 0.15) is 66.2 Å². The van der Waals surface area contributed by atoms with E-state index in [9.17, 15) is 9.59 Å². The molecule has 0 aliphatic rings. The number of hydrogen-bond donors (Lipinski definition) is 0. The smallest absolute Gasteiger partial charge is 0.330 e. The van der Waals surface area contributed by atoms with E-state index < -0.39 is 19.0 Å². The maximum absolute atomic E-state index is 10.9. The van der Waals surface area contributed by atoms with E-state index in [1.807, 2.05) is 13.8 Å². The zero-order chi connectivity index (χ0) is 27.3. The van der Waals surface area contributed by atoms with E-state index in [2.05, 4.69) is 27.0 Å². The Labute approximate surface area is 224 Å². The lowest BCUT2D eigenvalue weighted by atomic mass is 10.4. The number of ether oxygens (including phenoxy) is 6. The Morgan fingerprint density at radius 3 is 1.36 bits per heavy atom. The summed E-state index contributed by atoms with van der Waals surface area (Å²) in [4.78, 5) is 21.6. The molecule has 10 heteroatoms. The van der Waals surface area contributed by atoms with Crippen LogP contribution in [0.15, 0.2) is 25.3 Å². The molecule has 0 N–H and O–H groups in total. The van der Waals surface area contributed by atoms with Crippen molar-refractivity contribution in [1.29, 1.82) is 0 Å². The summed E-state index contributed by atoms with van der Waals surface area (Å²) < 4.78 is 32.3. The minimum absolute atomic E-state index is 0.00473. The van der Waals surface area contributed by atoms with Crippen molar-refractivity contribution in [3.05, 3.63) is 25.3 Å². The SMILES string of the molecule is C=CC(=O)OCCC[SiH2]C(OCC)OCC.C=CC(=O)OCCC[SiH2]C(OCCCC)OCCCC. The summed E-state index contributed by atoms with van der Waals surface area (Å²) in [5, 5.41) is 0. The predicted molar refractivity (Wildman–Crippen MR) is 151 cm³/mol. The number of carbonyl (C=O) groups excluding carboxylic acids is 2. The highest BCUT2D eigenvalue weighted by molar-refractivity contribution is 6.36. The predicted octanol–water partition coefficient (Wildman–Crippen LogP) is 3.66. The zero-order valence-corrected chi connectivity index (χ0v) is 26.1. The van der Waals surface area contributed by atoms with E-state index in [1.54, 1.807) is 0 Å². The average molecular weight is 549 g/mol. The van der Waals surface area contributed by atoms with Gasteiger partial charge in [0.2, 0.25) is 0 Å². The average Bonchev–Trinajstić information content (AvgIpc) is 2.88. The molecular weight excluding hydrogens is 496 g/mol. The van der Waals surface area contributed by atoms with Crippen LogP contribution in [0.5, 0.6) is 0 Å². The van der Waals surface area contributed by atoms with Gasteiger partial charge >= 0.3 is 11.9 Å². The third-order valence-electron chi connectivity index (χ3n) is 4.80. The number of hydrogen-bond acceptors (Lipinski definition) is 8.